The SMILES string of the molecule is CC(C)(C)OC(=O)c1ccc(-n2ccc(OCCC3(O)C4(CC4)C34CC4)n2)nc1Cl. The van der Waals surface area contributed by atoms with Crippen LogP contribution in [-0.4, -0.2) is 43.6 Å². The van der Waals surface area contributed by atoms with E-state index in [1.165, 1.54) is 4.68 Å². The monoisotopic (exact) mass is 431 g/mol. The molecule has 1 N–H and O–H groups in total. The fourth-order valence-corrected chi connectivity index (χ4v) is 5.50. The molecule has 0 bridgehead atoms. The Hall–Kier alpha value is -2.12. The Morgan fingerprint density at radius 2 is 1.87 bits per heavy atom. The Labute approximate surface area is 180 Å². The second kappa shape index (κ2) is 6.20. The third-order valence-corrected chi connectivity index (χ3v) is 7.19. The highest BCUT2D eigenvalue weighted by atomic mass is 35.5. The van der Waals surface area contributed by atoms with Crippen LogP contribution in [0.5, 0.6) is 5.88 Å². The van der Waals surface area contributed by atoms with E-state index in [1.807, 2.05) is 0 Å². The van der Waals surface area contributed by atoms with E-state index in [0.717, 1.165) is 25.7 Å². The molecule has 0 aliphatic heterocycles. The van der Waals surface area contributed by atoms with E-state index in [2.05, 4.69) is 10.1 Å². The molecule has 2 aromatic rings. The van der Waals surface area contributed by atoms with Gasteiger partial charge in [-0.25, -0.2) is 14.5 Å². The van der Waals surface area contributed by atoms with Gasteiger partial charge in [-0.15, -0.1) is 5.10 Å². The zero-order valence-corrected chi connectivity index (χ0v) is 18.2. The molecule has 3 aliphatic carbocycles. The van der Waals surface area contributed by atoms with Crippen molar-refractivity contribution < 1.29 is 19.4 Å². The predicted octanol–water partition coefficient (Wildman–Crippen LogP) is 3.95. The molecule has 0 radical (unpaired) electrons. The molecule has 0 aromatic carbocycles. The molecule has 8 heteroatoms. The van der Waals surface area contributed by atoms with E-state index in [-0.39, 0.29) is 21.5 Å². The number of pyridine rings is 1. The van der Waals surface area contributed by atoms with Crippen LogP contribution in [0.4, 0.5) is 0 Å². The van der Waals surface area contributed by atoms with Gasteiger partial charge < -0.3 is 14.6 Å². The molecule has 0 unspecified atom stereocenters. The van der Waals surface area contributed by atoms with Crippen molar-refractivity contribution in [3.63, 3.8) is 0 Å². The van der Waals surface area contributed by atoms with E-state index in [0.29, 0.717) is 24.7 Å². The number of ether oxygens (including phenoxy) is 2. The van der Waals surface area contributed by atoms with E-state index < -0.39 is 17.2 Å². The van der Waals surface area contributed by atoms with E-state index in [9.17, 15) is 9.90 Å². The minimum atomic E-state index is -0.612. The lowest BCUT2D eigenvalue weighted by molar-refractivity contribution is 0.00692. The third-order valence-electron chi connectivity index (χ3n) is 6.90. The number of halogens is 1. The Morgan fingerprint density at radius 3 is 2.43 bits per heavy atom. The van der Waals surface area contributed by atoms with Crippen molar-refractivity contribution in [2.75, 3.05) is 6.61 Å². The number of hydrogen-bond donors (Lipinski definition) is 1. The molecule has 3 fully saturated rings. The molecule has 0 atom stereocenters. The second-order valence-electron chi connectivity index (χ2n) is 9.73. The van der Waals surface area contributed by atoms with Crippen molar-refractivity contribution >= 4 is 17.6 Å². The van der Waals surface area contributed by atoms with Crippen molar-refractivity contribution in [3.05, 3.63) is 35.1 Å². The van der Waals surface area contributed by atoms with Crippen LogP contribution in [0.25, 0.3) is 5.82 Å². The Morgan fingerprint density at radius 1 is 1.20 bits per heavy atom. The van der Waals surface area contributed by atoms with E-state index in [1.54, 1.807) is 45.2 Å². The van der Waals surface area contributed by atoms with Crippen LogP contribution in [0.3, 0.4) is 0 Å². The summed E-state index contributed by atoms with van der Waals surface area (Å²) in [6, 6.07) is 4.98. The lowest BCUT2D eigenvalue weighted by Gasteiger charge is -2.19. The topological polar surface area (TPSA) is 86.5 Å². The average molecular weight is 432 g/mol. The van der Waals surface area contributed by atoms with Gasteiger partial charge in [0.25, 0.3) is 0 Å². The summed E-state index contributed by atoms with van der Waals surface area (Å²) in [5.74, 6) is 0.413. The summed E-state index contributed by atoms with van der Waals surface area (Å²) >= 11 is 6.20. The minimum Gasteiger partial charge on any atom is -0.476 e. The first-order chi connectivity index (χ1) is 14.1. The number of esters is 1. The van der Waals surface area contributed by atoms with Crippen LogP contribution in [0.2, 0.25) is 5.15 Å². The summed E-state index contributed by atoms with van der Waals surface area (Å²) < 4.78 is 12.7. The first kappa shape index (κ1) is 19.8. The normalized spacial score (nSPS) is 21.5. The summed E-state index contributed by atoms with van der Waals surface area (Å²) in [5, 5.41) is 15.4. The van der Waals surface area contributed by atoms with Crippen molar-refractivity contribution in [2.24, 2.45) is 10.8 Å². The van der Waals surface area contributed by atoms with Crippen LogP contribution in [0.15, 0.2) is 24.4 Å². The average Bonchev–Trinajstić information content (AvgIpc) is 3.58. The van der Waals surface area contributed by atoms with Gasteiger partial charge in [0.2, 0.25) is 5.88 Å². The summed E-state index contributed by atoms with van der Waals surface area (Å²) in [5.41, 5.74) is -0.521. The molecule has 30 heavy (non-hydrogen) atoms. The molecule has 5 rings (SSSR count). The van der Waals surface area contributed by atoms with Gasteiger partial charge in [-0.3, -0.25) is 0 Å². The van der Waals surface area contributed by atoms with Crippen LogP contribution < -0.4 is 4.74 Å². The molecular formula is C22H26ClN3O4. The number of fused-ring (bicyclic) bond motifs is 1. The van der Waals surface area contributed by atoms with Crippen LogP contribution in [0.1, 0.15) is 63.2 Å². The Bertz CT molecular complexity index is 1000. The largest absolute Gasteiger partial charge is 0.476 e. The lowest BCUT2D eigenvalue weighted by Crippen LogP contribution is -2.24. The summed E-state index contributed by atoms with van der Waals surface area (Å²) in [6.45, 7) is 5.82. The molecule has 0 saturated heterocycles. The quantitative estimate of drug-likeness (QED) is 0.550. The van der Waals surface area contributed by atoms with Gasteiger partial charge in [-0.05, 0) is 58.6 Å². The number of aliphatic hydroxyl groups is 1. The molecule has 0 amide bonds. The Balaban J connectivity index is 1.21. The molecule has 7 nitrogen and oxygen atoms in total. The number of carbonyl (C=O) groups excluding carboxylic acids is 1. The molecule has 2 aromatic heterocycles. The highest BCUT2D eigenvalue weighted by Gasteiger charge is 2.94. The van der Waals surface area contributed by atoms with E-state index >= 15 is 0 Å². The highest BCUT2D eigenvalue weighted by Crippen LogP contribution is 2.94. The standard InChI is InChI=1S/C22H26ClN3O4/c1-19(2,3)30-18(27)14-4-5-15(24-17(14)23)26-12-6-16(25-26)29-13-11-22(28)20(7-8-20)21(22)9-10-21/h4-6,12,28H,7-11,13H2,1-3H3. The van der Waals surface area contributed by atoms with Gasteiger partial charge >= 0.3 is 5.97 Å². The van der Waals surface area contributed by atoms with Gasteiger partial charge in [0.15, 0.2) is 5.82 Å². The smallest absolute Gasteiger partial charge is 0.341 e. The third kappa shape index (κ3) is 2.86. The Kier molecular flexibility index (Phi) is 4.10. The molecule has 160 valence electrons. The molecular weight excluding hydrogens is 406 g/mol. The maximum Gasteiger partial charge on any atom is 0.341 e. The van der Waals surface area contributed by atoms with Gasteiger partial charge in [0, 0.05) is 29.5 Å². The van der Waals surface area contributed by atoms with Gasteiger partial charge in [0.05, 0.1) is 17.8 Å². The zero-order valence-electron chi connectivity index (χ0n) is 17.4. The number of nitrogens with zero attached hydrogens (tertiary/aromatic N) is 3. The fraction of sp³-hybridized carbons (Fsp3) is 0.591. The van der Waals surface area contributed by atoms with Crippen molar-refractivity contribution in [1.29, 1.82) is 0 Å². The summed E-state index contributed by atoms with van der Waals surface area (Å²) in [4.78, 5) is 16.5. The van der Waals surface area contributed by atoms with E-state index in [4.69, 9.17) is 21.1 Å². The molecule has 2 heterocycles. The number of hydrogen-bond acceptors (Lipinski definition) is 6. The molecule has 3 aliphatic rings. The van der Waals surface area contributed by atoms with Crippen molar-refractivity contribution in [2.45, 2.75) is 64.1 Å². The maximum absolute atomic E-state index is 12.2. The first-order valence-electron chi connectivity index (χ1n) is 10.4. The minimum absolute atomic E-state index is 0.0557. The van der Waals surface area contributed by atoms with Crippen molar-refractivity contribution in [1.82, 2.24) is 14.8 Å². The molecule has 2 spiro atoms. The zero-order chi connectivity index (χ0) is 21.4. The van der Waals surface area contributed by atoms with Crippen LogP contribution in [-0.2, 0) is 4.74 Å². The van der Waals surface area contributed by atoms with Gasteiger partial charge in [-0.1, -0.05) is 11.6 Å². The fourth-order valence-electron chi connectivity index (χ4n) is 5.27. The molecule has 3 saturated carbocycles. The highest BCUT2D eigenvalue weighted by molar-refractivity contribution is 6.32. The summed E-state index contributed by atoms with van der Waals surface area (Å²) in [6.07, 6.45) is 6.99. The van der Waals surface area contributed by atoms with Crippen LogP contribution in [0, 0.1) is 10.8 Å². The van der Waals surface area contributed by atoms with Gasteiger partial charge in [0.1, 0.15) is 10.8 Å². The maximum atomic E-state index is 12.2. The number of rotatable bonds is 6. The summed E-state index contributed by atoms with van der Waals surface area (Å²) in [7, 11) is 0. The number of carbonyl (C=O) groups is 1. The number of aromatic nitrogens is 3. The van der Waals surface area contributed by atoms with Gasteiger partial charge in [-0.2, -0.15) is 0 Å². The van der Waals surface area contributed by atoms with Crippen molar-refractivity contribution in [3.8, 4) is 11.7 Å². The first-order valence-corrected chi connectivity index (χ1v) is 10.8. The predicted molar refractivity (Wildman–Crippen MR) is 110 cm³/mol. The lowest BCUT2D eigenvalue weighted by atomic mass is 10.1. The van der Waals surface area contributed by atoms with Crippen LogP contribution >= 0.6 is 11.6 Å². The second-order valence-corrected chi connectivity index (χ2v) is 10.1.